The Kier molecular flexibility index (Phi) is 5.73. The Labute approximate surface area is 88.2 Å². The number of hydrogen-bond acceptors (Lipinski definition) is 4. The monoisotopic (exact) mass is 242 g/mol. The van der Waals surface area contributed by atoms with Gasteiger partial charge in [0.15, 0.2) is 0 Å². The average Bonchev–Trinajstić information content (AvgIpc) is 2.12. The molecule has 0 amide bonds. The molecule has 0 aromatic rings. The van der Waals surface area contributed by atoms with Crippen molar-refractivity contribution in [3.63, 3.8) is 0 Å². The molecule has 0 aliphatic carbocycles. The molecule has 4 nitrogen and oxygen atoms in total. The molecule has 0 unspecified atom stereocenters. The first kappa shape index (κ1) is 14.5. The average molecular weight is 242 g/mol. The Morgan fingerprint density at radius 2 is 1.21 bits per heavy atom. The maximum absolute atomic E-state index is 5.62. The van der Waals surface area contributed by atoms with Crippen LogP contribution in [0.2, 0.25) is 19.6 Å². The second-order valence-corrected chi connectivity index (χ2v) is 17.8. The minimum absolute atomic E-state index is 0.357. The van der Waals surface area contributed by atoms with Crippen LogP contribution in [0.4, 0.5) is 0 Å². The number of hydrogen-bond donors (Lipinski definition) is 0. The standard InChI is InChI=1S/C8H23O4PSi/c1-9-8(10-2)13(11-3,12-4)14(5,6)7/h8,13H,1-7H3. The van der Waals surface area contributed by atoms with Crippen LogP contribution in [0.1, 0.15) is 0 Å². The van der Waals surface area contributed by atoms with Gasteiger partial charge in [0.25, 0.3) is 0 Å². The predicted octanol–water partition coefficient (Wildman–Crippen LogP) is 2.27. The van der Waals surface area contributed by atoms with E-state index < -0.39 is 15.0 Å². The summed E-state index contributed by atoms with van der Waals surface area (Å²) < 4.78 is 21.8. The molecule has 0 aliphatic rings. The summed E-state index contributed by atoms with van der Waals surface area (Å²) in [5.41, 5.74) is 0. The van der Waals surface area contributed by atoms with Gasteiger partial charge in [-0.1, -0.05) is 0 Å². The van der Waals surface area contributed by atoms with Crippen LogP contribution in [0.25, 0.3) is 0 Å². The fraction of sp³-hybridized carbons (Fsp3) is 1.00. The molecule has 0 radical (unpaired) electrons. The number of rotatable bonds is 6. The molecule has 0 bridgehead atoms. The van der Waals surface area contributed by atoms with E-state index in [9.17, 15) is 0 Å². The molecule has 14 heavy (non-hydrogen) atoms. The van der Waals surface area contributed by atoms with Crippen LogP contribution in [0.15, 0.2) is 0 Å². The molecule has 0 saturated carbocycles. The molecule has 0 heterocycles. The van der Waals surface area contributed by atoms with Gasteiger partial charge in [-0.05, 0) is 0 Å². The SMILES string of the molecule is COC(OC)[PH](OC)(OC)[Si](C)(C)C. The maximum atomic E-state index is 5.62. The van der Waals surface area contributed by atoms with Crippen molar-refractivity contribution in [2.24, 2.45) is 0 Å². The van der Waals surface area contributed by atoms with Crippen molar-refractivity contribution in [3.05, 3.63) is 0 Å². The molecular weight excluding hydrogens is 219 g/mol. The van der Waals surface area contributed by atoms with E-state index in [-0.39, 0.29) is 6.03 Å². The van der Waals surface area contributed by atoms with Crippen LogP contribution < -0.4 is 0 Å². The van der Waals surface area contributed by atoms with Crippen molar-refractivity contribution >= 4 is 15.0 Å². The summed E-state index contributed by atoms with van der Waals surface area (Å²) in [5.74, 6) is 0. The molecule has 0 spiro atoms. The first-order valence-corrected chi connectivity index (χ1v) is 10.9. The molecule has 0 N–H and O–H groups in total. The third-order valence-corrected chi connectivity index (χ3v) is 15.0. The first-order chi connectivity index (χ1) is 6.39. The minimum atomic E-state index is -2.38. The molecule has 88 valence electrons. The quantitative estimate of drug-likeness (QED) is 0.407. The Bertz CT molecular complexity index is 163. The van der Waals surface area contributed by atoms with E-state index in [1.165, 1.54) is 0 Å². The van der Waals surface area contributed by atoms with Gasteiger partial charge in [0.1, 0.15) is 0 Å². The Morgan fingerprint density at radius 1 is 0.857 bits per heavy atom. The van der Waals surface area contributed by atoms with E-state index in [4.69, 9.17) is 18.5 Å². The van der Waals surface area contributed by atoms with Crippen LogP contribution in [0, 0.1) is 0 Å². The molecule has 6 heteroatoms. The van der Waals surface area contributed by atoms with Gasteiger partial charge in [-0.2, -0.15) is 0 Å². The summed E-state index contributed by atoms with van der Waals surface area (Å²) in [6.45, 7) is 6.62. The van der Waals surface area contributed by atoms with Crippen molar-refractivity contribution in [2.45, 2.75) is 25.7 Å². The summed E-state index contributed by atoms with van der Waals surface area (Å²) >= 11 is 0. The van der Waals surface area contributed by atoms with E-state index in [2.05, 4.69) is 19.6 Å². The van der Waals surface area contributed by atoms with Crippen molar-refractivity contribution < 1.29 is 18.5 Å². The van der Waals surface area contributed by atoms with E-state index in [0.29, 0.717) is 0 Å². The summed E-state index contributed by atoms with van der Waals surface area (Å²) in [6.07, 6.45) is 0. The molecule has 0 atom stereocenters. The summed E-state index contributed by atoms with van der Waals surface area (Å²) in [5, 5.41) is 0. The van der Waals surface area contributed by atoms with Gasteiger partial charge in [0.2, 0.25) is 0 Å². The third-order valence-electron chi connectivity index (χ3n) is 2.39. The fourth-order valence-electron chi connectivity index (χ4n) is 1.65. The van der Waals surface area contributed by atoms with Crippen molar-refractivity contribution in [1.29, 1.82) is 0 Å². The topological polar surface area (TPSA) is 36.9 Å². The van der Waals surface area contributed by atoms with E-state index in [0.717, 1.165) is 0 Å². The molecule has 0 aliphatic heterocycles. The summed E-state index contributed by atoms with van der Waals surface area (Å²) in [7, 11) is 2.62. The van der Waals surface area contributed by atoms with Gasteiger partial charge in [-0.15, -0.1) is 0 Å². The van der Waals surface area contributed by atoms with Gasteiger partial charge < -0.3 is 0 Å². The van der Waals surface area contributed by atoms with Gasteiger partial charge in [-0.25, -0.2) is 0 Å². The zero-order valence-electron chi connectivity index (χ0n) is 10.2. The molecule has 0 aromatic heterocycles. The molecule has 0 aromatic carbocycles. The van der Waals surface area contributed by atoms with Crippen molar-refractivity contribution in [3.8, 4) is 0 Å². The Hall–Kier alpha value is 0.487. The van der Waals surface area contributed by atoms with Gasteiger partial charge in [-0.3, -0.25) is 0 Å². The zero-order valence-corrected chi connectivity index (χ0v) is 12.2. The zero-order chi connectivity index (χ0) is 11.4. The van der Waals surface area contributed by atoms with Gasteiger partial charge in [0, 0.05) is 0 Å². The Balaban J connectivity index is 5.05. The third kappa shape index (κ3) is 2.54. The van der Waals surface area contributed by atoms with Crippen LogP contribution >= 0.6 is 7.26 Å². The summed E-state index contributed by atoms with van der Waals surface area (Å²) in [6, 6.07) is -0.357. The Morgan fingerprint density at radius 3 is 1.29 bits per heavy atom. The fourth-order valence-corrected chi connectivity index (χ4v) is 11.3. The first-order valence-electron chi connectivity index (χ1n) is 4.55. The van der Waals surface area contributed by atoms with Crippen LogP contribution in [0.3, 0.4) is 0 Å². The van der Waals surface area contributed by atoms with Crippen LogP contribution in [-0.2, 0) is 18.5 Å². The van der Waals surface area contributed by atoms with Crippen LogP contribution in [0.5, 0.6) is 0 Å². The van der Waals surface area contributed by atoms with E-state index >= 15 is 0 Å². The second-order valence-electron chi connectivity index (χ2n) is 4.13. The molecule has 0 saturated heterocycles. The van der Waals surface area contributed by atoms with Crippen molar-refractivity contribution in [1.82, 2.24) is 0 Å². The summed E-state index contributed by atoms with van der Waals surface area (Å²) in [4.78, 5) is 0. The number of ether oxygens (including phenoxy) is 2. The molecule has 0 fully saturated rings. The number of methoxy groups -OCH3 is 2. The van der Waals surface area contributed by atoms with Crippen molar-refractivity contribution in [2.75, 3.05) is 28.4 Å². The molecular formula is C8H23O4PSi. The van der Waals surface area contributed by atoms with Gasteiger partial charge >= 0.3 is 87.6 Å². The predicted molar refractivity (Wildman–Crippen MR) is 63.5 cm³/mol. The molecule has 0 rings (SSSR count). The van der Waals surface area contributed by atoms with E-state index in [1.807, 2.05) is 0 Å². The van der Waals surface area contributed by atoms with E-state index in [1.54, 1.807) is 28.4 Å². The van der Waals surface area contributed by atoms with Crippen LogP contribution in [-0.4, -0.2) is 42.2 Å². The van der Waals surface area contributed by atoms with Gasteiger partial charge in [0.05, 0.1) is 0 Å². The second kappa shape index (κ2) is 5.54. The normalized spacial score (nSPS) is 14.9.